The quantitative estimate of drug-likeness (QED) is 0.307. The molecule has 2 saturated carbocycles. The Hall–Kier alpha value is -0.870. The number of ketones is 1. The molecule has 5 N–H and O–H groups in total. The number of hydrogen-bond acceptors (Lipinski definition) is 8. The van der Waals surface area contributed by atoms with E-state index >= 15 is 0 Å². The molecular weight excluding hydrogens is 380 g/mol. The van der Waals surface area contributed by atoms with Crippen molar-refractivity contribution in [3.63, 3.8) is 0 Å². The second-order valence-electron chi connectivity index (χ2n) is 9.18. The van der Waals surface area contributed by atoms with Gasteiger partial charge in [-0.15, -0.1) is 0 Å². The maximum Gasteiger partial charge on any atom is 0.186 e. The van der Waals surface area contributed by atoms with Gasteiger partial charge in [0.2, 0.25) is 0 Å². The van der Waals surface area contributed by atoms with Gasteiger partial charge in [-0.25, -0.2) is 0 Å². The van der Waals surface area contributed by atoms with E-state index in [2.05, 4.69) is 13.5 Å². The number of fused-ring (bicyclic) bond motifs is 1. The molecule has 1 aliphatic heterocycles. The van der Waals surface area contributed by atoms with E-state index in [1.165, 1.54) is 0 Å². The topological polar surface area (TPSA) is 137 Å². The molecule has 0 amide bonds. The normalized spacial score (nSPS) is 48.2. The van der Waals surface area contributed by atoms with Crippen molar-refractivity contribution in [1.29, 1.82) is 0 Å². The van der Waals surface area contributed by atoms with Gasteiger partial charge in [0.25, 0.3) is 0 Å². The van der Waals surface area contributed by atoms with Crippen LogP contribution in [0.15, 0.2) is 12.2 Å². The number of carbonyl (C=O) groups is 1. The Morgan fingerprint density at radius 1 is 1.21 bits per heavy atom. The van der Waals surface area contributed by atoms with Crippen LogP contribution in [-0.4, -0.2) is 81.3 Å². The van der Waals surface area contributed by atoms with E-state index in [4.69, 9.17) is 9.47 Å². The summed E-state index contributed by atoms with van der Waals surface area (Å²) in [7, 11) is 0. The number of carbonyl (C=O) groups excluding carboxylic acids is 1. The molecule has 166 valence electrons. The second-order valence-corrected chi connectivity index (χ2v) is 9.18. The molecule has 10 unspecified atom stereocenters. The number of rotatable bonds is 5. The molecule has 0 radical (unpaired) electrons. The minimum Gasteiger partial charge on any atom is -0.394 e. The van der Waals surface area contributed by atoms with Gasteiger partial charge in [0.1, 0.15) is 30.2 Å². The minimum absolute atomic E-state index is 0.0492. The number of hydrogen-bond donors (Lipinski definition) is 5. The lowest BCUT2D eigenvalue weighted by Gasteiger charge is -2.54. The third-order valence-electron chi connectivity index (χ3n) is 7.59. The summed E-state index contributed by atoms with van der Waals surface area (Å²) in [5.74, 6) is -0.0135. The standard InChI is InChI=1S/C21H34O8/c1-10(8-22)12-6-14(24)13-4-5-15(11(2)21(13,3)7-12)28-20-19(27)18(26)17(25)16(9-23)29-20/h11-13,15-20,22-23,25-27H,1,4-9H2,2-3H3. The molecular formula is C21H34O8. The highest BCUT2D eigenvalue weighted by atomic mass is 16.7. The van der Waals surface area contributed by atoms with Crippen LogP contribution < -0.4 is 0 Å². The summed E-state index contributed by atoms with van der Waals surface area (Å²) in [5.41, 5.74) is 0.317. The first-order chi connectivity index (χ1) is 13.6. The van der Waals surface area contributed by atoms with Gasteiger partial charge in [0.05, 0.1) is 19.3 Å². The summed E-state index contributed by atoms with van der Waals surface area (Å²) in [4.78, 5) is 12.8. The van der Waals surface area contributed by atoms with Crippen LogP contribution in [-0.2, 0) is 14.3 Å². The van der Waals surface area contributed by atoms with Crippen molar-refractivity contribution in [2.24, 2.45) is 23.2 Å². The Balaban J connectivity index is 1.76. The fourth-order valence-corrected chi connectivity index (χ4v) is 5.45. The van der Waals surface area contributed by atoms with E-state index in [0.29, 0.717) is 24.8 Å². The smallest absolute Gasteiger partial charge is 0.186 e. The van der Waals surface area contributed by atoms with Crippen molar-refractivity contribution in [2.45, 2.75) is 76.3 Å². The van der Waals surface area contributed by atoms with E-state index in [0.717, 1.165) is 6.42 Å². The van der Waals surface area contributed by atoms with Gasteiger partial charge in [-0.3, -0.25) is 4.79 Å². The molecule has 0 aromatic carbocycles. The lowest BCUT2D eigenvalue weighted by molar-refractivity contribution is -0.320. The van der Waals surface area contributed by atoms with Crippen LogP contribution in [0.2, 0.25) is 0 Å². The predicted octanol–water partition coefficient (Wildman–Crippen LogP) is -0.248. The first-order valence-electron chi connectivity index (χ1n) is 10.4. The van der Waals surface area contributed by atoms with E-state index in [1.54, 1.807) is 0 Å². The average Bonchev–Trinajstić information content (AvgIpc) is 2.70. The Labute approximate surface area is 171 Å². The van der Waals surface area contributed by atoms with E-state index in [9.17, 15) is 30.3 Å². The number of aliphatic hydroxyl groups excluding tert-OH is 5. The van der Waals surface area contributed by atoms with Crippen molar-refractivity contribution in [3.05, 3.63) is 12.2 Å². The third-order valence-corrected chi connectivity index (χ3v) is 7.59. The fourth-order valence-electron chi connectivity index (χ4n) is 5.45. The fraction of sp³-hybridized carbons (Fsp3) is 0.857. The van der Waals surface area contributed by atoms with Crippen molar-refractivity contribution in [2.75, 3.05) is 13.2 Å². The molecule has 29 heavy (non-hydrogen) atoms. The van der Waals surface area contributed by atoms with Crippen LogP contribution in [0.5, 0.6) is 0 Å². The summed E-state index contributed by atoms with van der Waals surface area (Å²) in [6, 6.07) is 0. The molecule has 3 fully saturated rings. The van der Waals surface area contributed by atoms with Gasteiger partial charge in [-0.2, -0.15) is 0 Å². The Morgan fingerprint density at radius 2 is 1.90 bits per heavy atom. The third kappa shape index (κ3) is 4.04. The Kier molecular flexibility index (Phi) is 6.85. The monoisotopic (exact) mass is 414 g/mol. The first-order valence-corrected chi connectivity index (χ1v) is 10.4. The lowest BCUT2D eigenvalue weighted by Crippen LogP contribution is -2.61. The van der Waals surface area contributed by atoms with E-state index in [1.807, 2.05) is 6.92 Å². The molecule has 0 spiro atoms. The summed E-state index contributed by atoms with van der Waals surface area (Å²) < 4.78 is 11.5. The second kappa shape index (κ2) is 8.70. The summed E-state index contributed by atoms with van der Waals surface area (Å²) in [6.07, 6.45) is -4.50. The average molecular weight is 414 g/mol. The van der Waals surface area contributed by atoms with Gasteiger partial charge in [0.15, 0.2) is 6.29 Å². The highest BCUT2D eigenvalue weighted by Crippen LogP contribution is 2.55. The lowest BCUT2D eigenvalue weighted by atomic mass is 9.52. The Morgan fingerprint density at radius 3 is 2.52 bits per heavy atom. The predicted molar refractivity (Wildman–Crippen MR) is 103 cm³/mol. The van der Waals surface area contributed by atoms with Gasteiger partial charge >= 0.3 is 0 Å². The summed E-state index contributed by atoms with van der Waals surface area (Å²) in [5, 5.41) is 49.1. The zero-order valence-corrected chi connectivity index (χ0v) is 17.1. The van der Waals surface area contributed by atoms with Gasteiger partial charge in [0, 0.05) is 12.3 Å². The van der Waals surface area contributed by atoms with E-state index < -0.39 is 37.3 Å². The molecule has 8 nitrogen and oxygen atoms in total. The number of Topliss-reactive ketones (excluding diaryl/α,β-unsaturated/α-hetero) is 1. The SMILES string of the molecule is C=C(CO)C1CC(=O)C2CCC(OC3OC(CO)C(O)C(O)C3O)C(C)C2(C)C1. The van der Waals surface area contributed by atoms with Crippen LogP contribution in [0.25, 0.3) is 0 Å². The minimum atomic E-state index is -1.48. The zero-order valence-electron chi connectivity index (χ0n) is 17.1. The van der Waals surface area contributed by atoms with Crippen molar-refractivity contribution < 1.29 is 39.8 Å². The van der Waals surface area contributed by atoms with Crippen molar-refractivity contribution in [1.82, 2.24) is 0 Å². The van der Waals surface area contributed by atoms with Gasteiger partial charge in [-0.1, -0.05) is 20.4 Å². The molecule has 10 atom stereocenters. The molecule has 1 heterocycles. The van der Waals surface area contributed by atoms with E-state index in [-0.39, 0.29) is 41.7 Å². The number of aliphatic hydroxyl groups is 5. The summed E-state index contributed by atoms with van der Waals surface area (Å²) in [6.45, 7) is 7.35. The maximum absolute atomic E-state index is 12.8. The van der Waals surface area contributed by atoms with Crippen LogP contribution in [0.3, 0.4) is 0 Å². The van der Waals surface area contributed by atoms with Gasteiger partial charge in [-0.05, 0) is 42.1 Å². The highest BCUT2D eigenvalue weighted by Gasteiger charge is 2.54. The first kappa shape index (κ1) is 22.8. The zero-order chi connectivity index (χ0) is 21.5. The van der Waals surface area contributed by atoms with Crippen molar-refractivity contribution >= 4 is 5.78 Å². The molecule has 3 aliphatic rings. The molecule has 0 bridgehead atoms. The maximum atomic E-state index is 12.8. The Bertz CT molecular complexity index is 622. The van der Waals surface area contributed by atoms with Crippen LogP contribution in [0, 0.1) is 23.2 Å². The molecule has 3 rings (SSSR count). The van der Waals surface area contributed by atoms with Crippen LogP contribution in [0.1, 0.15) is 39.5 Å². The van der Waals surface area contributed by atoms with Crippen LogP contribution in [0.4, 0.5) is 0 Å². The molecule has 8 heteroatoms. The number of ether oxygens (including phenoxy) is 2. The molecule has 0 aromatic rings. The van der Waals surface area contributed by atoms with Crippen LogP contribution >= 0.6 is 0 Å². The molecule has 2 aliphatic carbocycles. The molecule has 1 saturated heterocycles. The van der Waals surface area contributed by atoms with Crippen molar-refractivity contribution in [3.8, 4) is 0 Å². The van der Waals surface area contributed by atoms with Gasteiger partial charge < -0.3 is 35.0 Å². The molecule has 0 aromatic heterocycles. The largest absolute Gasteiger partial charge is 0.394 e. The summed E-state index contributed by atoms with van der Waals surface area (Å²) >= 11 is 0. The highest BCUT2D eigenvalue weighted by molar-refractivity contribution is 5.83.